The number of aliphatic carboxylic acids is 1. The number of hydrogen-bond acceptors (Lipinski definition) is 6. The second kappa shape index (κ2) is 9.09. The number of methoxy groups -OCH3 is 2. The fourth-order valence-electron chi connectivity index (χ4n) is 3.22. The van der Waals surface area contributed by atoms with Crippen LogP contribution in [0.3, 0.4) is 0 Å². The second-order valence-corrected chi connectivity index (χ2v) is 7.41. The molecular formula is C21H20BrN2O5-. The summed E-state index contributed by atoms with van der Waals surface area (Å²) in [7, 11) is 3.12. The molecule has 0 bridgehead atoms. The minimum atomic E-state index is -1.27. The van der Waals surface area contributed by atoms with E-state index in [1.807, 2.05) is 30.3 Å². The summed E-state index contributed by atoms with van der Waals surface area (Å²) in [5.74, 6) is -0.442. The van der Waals surface area contributed by atoms with Gasteiger partial charge in [0.15, 0.2) is 0 Å². The summed E-state index contributed by atoms with van der Waals surface area (Å²) in [5, 5.41) is 16.7. The van der Waals surface area contributed by atoms with Crippen LogP contribution in [0.2, 0.25) is 0 Å². The Hall–Kier alpha value is -2.87. The van der Waals surface area contributed by atoms with Gasteiger partial charge in [-0.3, -0.25) is 4.79 Å². The first-order chi connectivity index (χ1) is 13.9. The average molecular weight is 460 g/mol. The van der Waals surface area contributed by atoms with Crippen molar-refractivity contribution in [2.45, 2.75) is 25.3 Å². The molecule has 2 aromatic rings. The standard InChI is InChI=1S/C21H21BrN2O5/c1-28-15-7-8-19(29-2)16(11-15)18-12-17(13-3-5-14(22)6-4-13)23-24(18)20(25)9-10-21(26)27/h3-8,11,18H,9-10,12H2,1-2H3,(H,26,27)/p-1/t18-/m1/s1. The number of nitrogens with zero attached hydrogens (tertiary/aromatic N) is 2. The van der Waals surface area contributed by atoms with E-state index in [-0.39, 0.29) is 12.8 Å². The van der Waals surface area contributed by atoms with Gasteiger partial charge in [-0.1, -0.05) is 28.1 Å². The quantitative estimate of drug-likeness (QED) is 0.634. The highest BCUT2D eigenvalue weighted by Gasteiger charge is 2.34. The largest absolute Gasteiger partial charge is 0.550 e. The van der Waals surface area contributed by atoms with Crippen molar-refractivity contribution >= 4 is 33.5 Å². The van der Waals surface area contributed by atoms with Gasteiger partial charge in [0.05, 0.1) is 26.0 Å². The Morgan fingerprint density at radius 2 is 1.86 bits per heavy atom. The summed E-state index contributed by atoms with van der Waals surface area (Å²) in [6.45, 7) is 0. The lowest BCUT2D eigenvalue weighted by atomic mass is 9.97. The number of hydrogen-bond donors (Lipinski definition) is 0. The van der Waals surface area contributed by atoms with E-state index in [0.29, 0.717) is 17.9 Å². The molecule has 1 amide bonds. The van der Waals surface area contributed by atoms with Gasteiger partial charge < -0.3 is 19.4 Å². The van der Waals surface area contributed by atoms with Crippen molar-refractivity contribution in [1.29, 1.82) is 0 Å². The third-order valence-corrected chi connectivity index (χ3v) is 5.21. The zero-order valence-electron chi connectivity index (χ0n) is 16.1. The smallest absolute Gasteiger partial charge is 0.243 e. The van der Waals surface area contributed by atoms with Crippen LogP contribution in [-0.4, -0.2) is 36.8 Å². The van der Waals surface area contributed by atoms with Crippen LogP contribution in [0.25, 0.3) is 0 Å². The van der Waals surface area contributed by atoms with Crippen LogP contribution in [-0.2, 0) is 9.59 Å². The number of carbonyl (C=O) groups is 2. The SMILES string of the molecule is COc1ccc(OC)c([C@H]2CC(c3ccc(Br)cc3)=NN2C(=O)CCC(=O)[O-])c1. The number of ether oxygens (including phenoxy) is 2. The third-order valence-electron chi connectivity index (χ3n) is 4.68. The number of carboxylic acid groups (broad SMARTS) is 1. The summed E-state index contributed by atoms with van der Waals surface area (Å²) < 4.78 is 11.7. The molecule has 3 rings (SSSR count). The molecule has 1 aliphatic rings. The first kappa shape index (κ1) is 20.9. The van der Waals surface area contributed by atoms with Crippen molar-refractivity contribution in [1.82, 2.24) is 5.01 Å². The van der Waals surface area contributed by atoms with Gasteiger partial charge in [-0.2, -0.15) is 5.10 Å². The van der Waals surface area contributed by atoms with Crippen molar-refractivity contribution in [3.63, 3.8) is 0 Å². The molecule has 0 spiro atoms. The first-order valence-electron chi connectivity index (χ1n) is 9.00. The van der Waals surface area contributed by atoms with Gasteiger partial charge >= 0.3 is 0 Å². The van der Waals surface area contributed by atoms with E-state index in [9.17, 15) is 14.7 Å². The Balaban J connectivity index is 1.99. The molecule has 152 valence electrons. The Morgan fingerprint density at radius 3 is 2.48 bits per heavy atom. The maximum absolute atomic E-state index is 12.8. The number of carboxylic acids is 1. The molecule has 0 radical (unpaired) electrons. The van der Waals surface area contributed by atoms with Crippen LogP contribution >= 0.6 is 15.9 Å². The van der Waals surface area contributed by atoms with Crippen molar-refractivity contribution in [3.8, 4) is 11.5 Å². The van der Waals surface area contributed by atoms with E-state index in [1.165, 1.54) is 5.01 Å². The number of hydrazone groups is 1. The molecule has 0 unspecified atom stereocenters. The fraction of sp³-hybridized carbons (Fsp3) is 0.286. The molecule has 0 saturated carbocycles. The van der Waals surface area contributed by atoms with Crippen LogP contribution in [0.15, 0.2) is 52.0 Å². The summed E-state index contributed by atoms with van der Waals surface area (Å²) in [6, 6.07) is 12.6. The lowest BCUT2D eigenvalue weighted by Crippen LogP contribution is -2.30. The van der Waals surface area contributed by atoms with Crippen LogP contribution in [0.1, 0.15) is 36.4 Å². The number of halogens is 1. The fourth-order valence-corrected chi connectivity index (χ4v) is 3.49. The van der Waals surface area contributed by atoms with Gasteiger partial charge in [0, 0.05) is 28.8 Å². The number of benzene rings is 2. The topological polar surface area (TPSA) is 91.3 Å². The molecule has 7 nitrogen and oxygen atoms in total. The van der Waals surface area contributed by atoms with Gasteiger partial charge in [0.25, 0.3) is 0 Å². The number of amides is 1. The lowest BCUT2D eigenvalue weighted by Gasteiger charge is -2.24. The van der Waals surface area contributed by atoms with Gasteiger partial charge in [0.2, 0.25) is 5.91 Å². The minimum Gasteiger partial charge on any atom is -0.550 e. The summed E-state index contributed by atoms with van der Waals surface area (Å²) >= 11 is 3.41. The lowest BCUT2D eigenvalue weighted by molar-refractivity contribution is -0.305. The Bertz CT molecular complexity index is 943. The molecule has 1 aliphatic heterocycles. The zero-order valence-corrected chi connectivity index (χ0v) is 17.6. The van der Waals surface area contributed by atoms with Crippen LogP contribution in [0, 0.1) is 0 Å². The van der Waals surface area contributed by atoms with Gasteiger partial charge in [0.1, 0.15) is 11.5 Å². The highest BCUT2D eigenvalue weighted by Crippen LogP contribution is 2.39. The Kier molecular flexibility index (Phi) is 6.53. The van der Waals surface area contributed by atoms with E-state index in [1.54, 1.807) is 26.4 Å². The molecule has 2 aromatic carbocycles. The van der Waals surface area contributed by atoms with Gasteiger partial charge in [-0.25, -0.2) is 5.01 Å². The van der Waals surface area contributed by atoms with E-state index in [0.717, 1.165) is 21.3 Å². The molecule has 29 heavy (non-hydrogen) atoms. The van der Waals surface area contributed by atoms with Gasteiger partial charge in [-0.05, 0) is 42.3 Å². The maximum atomic E-state index is 12.8. The molecule has 1 atom stereocenters. The van der Waals surface area contributed by atoms with Crippen molar-refractivity contribution in [3.05, 3.63) is 58.1 Å². The molecule has 0 N–H and O–H groups in total. The molecule has 0 fully saturated rings. The monoisotopic (exact) mass is 459 g/mol. The Morgan fingerprint density at radius 1 is 1.14 bits per heavy atom. The van der Waals surface area contributed by atoms with Crippen molar-refractivity contribution in [2.75, 3.05) is 14.2 Å². The van der Waals surface area contributed by atoms with Gasteiger partial charge in [-0.15, -0.1) is 0 Å². The summed E-state index contributed by atoms with van der Waals surface area (Å²) in [5.41, 5.74) is 2.36. The molecular weight excluding hydrogens is 440 g/mol. The third kappa shape index (κ3) is 4.76. The molecule has 8 heteroatoms. The highest BCUT2D eigenvalue weighted by atomic mass is 79.9. The highest BCUT2D eigenvalue weighted by molar-refractivity contribution is 9.10. The van der Waals surface area contributed by atoms with Crippen molar-refractivity contribution in [2.24, 2.45) is 5.10 Å². The Labute approximate surface area is 177 Å². The molecule has 1 heterocycles. The zero-order chi connectivity index (χ0) is 21.0. The van der Waals surface area contributed by atoms with Crippen LogP contribution in [0.4, 0.5) is 0 Å². The second-order valence-electron chi connectivity index (χ2n) is 6.49. The van der Waals surface area contributed by atoms with E-state index in [4.69, 9.17) is 9.47 Å². The maximum Gasteiger partial charge on any atom is 0.243 e. The predicted octanol–water partition coefficient (Wildman–Crippen LogP) is 2.67. The predicted molar refractivity (Wildman–Crippen MR) is 109 cm³/mol. The summed E-state index contributed by atoms with van der Waals surface area (Å²) in [4.78, 5) is 23.6. The van der Waals surface area contributed by atoms with E-state index in [2.05, 4.69) is 21.0 Å². The molecule has 0 saturated heterocycles. The molecule has 0 aromatic heterocycles. The van der Waals surface area contributed by atoms with E-state index < -0.39 is 17.9 Å². The average Bonchev–Trinajstić information content (AvgIpc) is 3.17. The van der Waals surface area contributed by atoms with Crippen molar-refractivity contribution < 1.29 is 24.2 Å². The normalized spacial score (nSPS) is 15.8. The summed E-state index contributed by atoms with van der Waals surface area (Å²) in [6.07, 6.45) is -0.0924. The van der Waals surface area contributed by atoms with E-state index >= 15 is 0 Å². The number of carbonyl (C=O) groups excluding carboxylic acids is 2. The van der Waals surface area contributed by atoms with Crippen LogP contribution in [0.5, 0.6) is 11.5 Å². The van der Waals surface area contributed by atoms with Crippen LogP contribution < -0.4 is 14.6 Å². The molecule has 0 aliphatic carbocycles. The number of rotatable bonds is 7. The minimum absolute atomic E-state index is 0.192. The first-order valence-corrected chi connectivity index (χ1v) is 9.79.